The normalized spacial score (nSPS) is 10.9. The predicted molar refractivity (Wildman–Crippen MR) is 91.1 cm³/mol. The highest BCUT2D eigenvalue weighted by molar-refractivity contribution is 6.05. The van der Waals surface area contributed by atoms with Crippen LogP contribution in [0.2, 0.25) is 0 Å². The summed E-state index contributed by atoms with van der Waals surface area (Å²) in [5, 5.41) is 10.9. The van der Waals surface area contributed by atoms with Crippen molar-refractivity contribution < 1.29 is 23.9 Å². The van der Waals surface area contributed by atoms with Gasteiger partial charge in [-0.1, -0.05) is 18.2 Å². The van der Waals surface area contributed by atoms with Gasteiger partial charge in [0.1, 0.15) is 5.75 Å². The maximum Gasteiger partial charge on any atom is 0.347 e. The maximum atomic E-state index is 11.9. The minimum atomic E-state index is -0.958. The van der Waals surface area contributed by atoms with E-state index in [0.717, 1.165) is 0 Å². The molecule has 1 N–H and O–H groups in total. The molecule has 2 aromatic carbocycles. The molecule has 2 amide bonds. The number of carbonyl (C=O) groups is 3. The van der Waals surface area contributed by atoms with Crippen LogP contribution in [0.4, 0.5) is 0 Å². The van der Waals surface area contributed by atoms with E-state index in [1.54, 1.807) is 54.6 Å². The number of nitrogens with one attached hydrogen (secondary N) is 1. The van der Waals surface area contributed by atoms with Gasteiger partial charge in [0.05, 0.1) is 11.6 Å². The van der Waals surface area contributed by atoms with Crippen LogP contribution in [0.5, 0.6) is 5.75 Å². The second-order valence-electron chi connectivity index (χ2n) is 5.25. The van der Waals surface area contributed by atoms with E-state index >= 15 is 0 Å². The first-order valence-electron chi connectivity index (χ1n) is 7.72. The SMILES string of the molecule is CC(Oc1ccc(C#N)cc1)C(=O)OCC(=O)NC(=O)c1ccccc1. The molecule has 0 spiro atoms. The Morgan fingerprint density at radius 3 is 2.35 bits per heavy atom. The smallest absolute Gasteiger partial charge is 0.347 e. The summed E-state index contributed by atoms with van der Waals surface area (Å²) in [6, 6.07) is 16.4. The third kappa shape index (κ3) is 5.46. The molecule has 26 heavy (non-hydrogen) atoms. The molecule has 7 heteroatoms. The zero-order valence-electron chi connectivity index (χ0n) is 14.0. The van der Waals surface area contributed by atoms with Gasteiger partial charge in [-0.25, -0.2) is 4.79 Å². The van der Waals surface area contributed by atoms with Crippen molar-refractivity contribution in [3.63, 3.8) is 0 Å². The van der Waals surface area contributed by atoms with Gasteiger partial charge in [-0.05, 0) is 43.3 Å². The summed E-state index contributed by atoms with van der Waals surface area (Å²) >= 11 is 0. The lowest BCUT2D eigenvalue weighted by molar-refractivity contribution is -0.154. The van der Waals surface area contributed by atoms with Gasteiger partial charge >= 0.3 is 5.97 Å². The Balaban J connectivity index is 1.78. The minimum Gasteiger partial charge on any atom is -0.479 e. The number of rotatable bonds is 6. The van der Waals surface area contributed by atoms with E-state index in [4.69, 9.17) is 14.7 Å². The van der Waals surface area contributed by atoms with E-state index in [1.807, 2.05) is 6.07 Å². The molecule has 0 saturated carbocycles. The van der Waals surface area contributed by atoms with Crippen LogP contribution in [0.25, 0.3) is 0 Å². The van der Waals surface area contributed by atoms with Crippen LogP contribution in [-0.4, -0.2) is 30.5 Å². The average Bonchev–Trinajstić information content (AvgIpc) is 2.67. The molecule has 0 saturated heterocycles. The maximum absolute atomic E-state index is 11.9. The summed E-state index contributed by atoms with van der Waals surface area (Å²) in [4.78, 5) is 35.4. The lowest BCUT2D eigenvalue weighted by Crippen LogP contribution is -2.36. The fraction of sp³-hybridized carbons (Fsp3) is 0.158. The fourth-order valence-electron chi connectivity index (χ4n) is 1.94. The third-order valence-electron chi connectivity index (χ3n) is 3.26. The van der Waals surface area contributed by atoms with Gasteiger partial charge in [-0.3, -0.25) is 14.9 Å². The highest BCUT2D eigenvalue weighted by atomic mass is 16.6. The number of nitrogens with zero attached hydrogens (tertiary/aromatic N) is 1. The molecule has 0 bridgehead atoms. The van der Waals surface area contributed by atoms with Crippen LogP contribution in [0.3, 0.4) is 0 Å². The highest BCUT2D eigenvalue weighted by Gasteiger charge is 2.19. The molecule has 7 nitrogen and oxygen atoms in total. The Kier molecular flexibility index (Phi) is 6.46. The van der Waals surface area contributed by atoms with Crippen LogP contribution in [0.15, 0.2) is 54.6 Å². The first kappa shape index (κ1) is 18.7. The van der Waals surface area contributed by atoms with Crippen molar-refractivity contribution in [1.29, 1.82) is 5.26 Å². The van der Waals surface area contributed by atoms with Gasteiger partial charge in [0.25, 0.3) is 11.8 Å². The highest BCUT2D eigenvalue weighted by Crippen LogP contribution is 2.13. The number of hydrogen-bond acceptors (Lipinski definition) is 6. The quantitative estimate of drug-likeness (QED) is 0.795. The van der Waals surface area contributed by atoms with Crippen LogP contribution < -0.4 is 10.1 Å². The summed E-state index contributed by atoms with van der Waals surface area (Å²) in [5.74, 6) is -1.68. The number of nitriles is 1. The Morgan fingerprint density at radius 2 is 1.73 bits per heavy atom. The third-order valence-corrected chi connectivity index (χ3v) is 3.26. The molecule has 0 aliphatic carbocycles. The summed E-state index contributed by atoms with van der Waals surface area (Å²) in [7, 11) is 0. The predicted octanol–water partition coefficient (Wildman–Crippen LogP) is 1.83. The standard InChI is InChI=1S/C19H16N2O5/c1-13(26-16-9-7-14(11-20)8-10-16)19(24)25-12-17(22)21-18(23)15-5-3-2-4-6-15/h2-10,13H,12H2,1H3,(H,21,22,23). The van der Waals surface area contributed by atoms with Crippen LogP contribution in [0.1, 0.15) is 22.8 Å². The zero-order valence-corrected chi connectivity index (χ0v) is 14.0. The van der Waals surface area contributed by atoms with E-state index in [0.29, 0.717) is 16.9 Å². The monoisotopic (exact) mass is 352 g/mol. The molecule has 1 unspecified atom stereocenters. The molecule has 1 atom stereocenters. The molecular formula is C19H16N2O5. The topological polar surface area (TPSA) is 105 Å². The lowest BCUT2D eigenvalue weighted by Gasteiger charge is -2.13. The van der Waals surface area contributed by atoms with Crippen molar-refractivity contribution in [2.75, 3.05) is 6.61 Å². The van der Waals surface area contributed by atoms with Crippen molar-refractivity contribution in [2.24, 2.45) is 0 Å². The molecule has 0 heterocycles. The Bertz CT molecular complexity index is 825. The number of esters is 1. The van der Waals surface area contributed by atoms with Gasteiger partial charge < -0.3 is 9.47 Å². The van der Waals surface area contributed by atoms with Crippen molar-refractivity contribution in [2.45, 2.75) is 13.0 Å². The Hall–Kier alpha value is -3.66. The molecule has 0 aliphatic heterocycles. The van der Waals surface area contributed by atoms with Gasteiger partial charge in [-0.15, -0.1) is 0 Å². The molecule has 0 aliphatic rings. The average molecular weight is 352 g/mol. The molecule has 2 aromatic rings. The fourth-order valence-corrected chi connectivity index (χ4v) is 1.94. The summed E-state index contributed by atoms with van der Waals surface area (Å²) < 4.78 is 10.2. The van der Waals surface area contributed by atoms with Gasteiger partial charge in [-0.2, -0.15) is 5.26 Å². The summed E-state index contributed by atoms with van der Waals surface area (Å²) in [6.45, 7) is 0.867. The van der Waals surface area contributed by atoms with Crippen LogP contribution in [-0.2, 0) is 14.3 Å². The van der Waals surface area contributed by atoms with E-state index < -0.39 is 30.5 Å². The summed E-state index contributed by atoms with van der Waals surface area (Å²) in [6.07, 6.45) is -0.958. The van der Waals surface area contributed by atoms with Crippen LogP contribution >= 0.6 is 0 Å². The zero-order chi connectivity index (χ0) is 18.9. The first-order chi connectivity index (χ1) is 12.5. The van der Waals surface area contributed by atoms with Gasteiger partial charge in [0.15, 0.2) is 12.7 Å². The van der Waals surface area contributed by atoms with Crippen LogP contribution in [0, 0.1) is 11.3 Å². The van der Waals surface area contributed by atoms with Crippen molar-refractivity contribution in [3.05, 3.63) is 65.7 Å². The number of imide groups is 1. The minimum absolute atomic E-state index is 0.324. The van der Waals surface area contributed by atoms with E-state index in [-0.39, 0.29) is 0 Å². The Morgan fingerprint density at radius 1 is 1.08 bits per heavy atom. The largest absolute Gasteiger partial charge is 0.479 e. The number of amides is 2. The van der Waals surface area contributed by atoms with Crippen molar-refractivity contribution in [1.82, 2.24) is 5.32 Å². The number of carbonyl (C=O) groups excluding carboxylic acids is 3. The van der Waals surface area contributed by atoms with Crippen molar-refractivity contribution >= 4 is 17.8 Å². The van der Waals surface area contributed by atoms with Crippen molar-refractivity contribution in [3.8, 4) is 11.8 Å². The Labute approximate surface area is 150 Å². The molecule has 132 valence electrons. The van der Waals surface area contributed by atoms with Gasteiger partial charge in [0.2, 0.25) is 0 Å². The first-order valence-corrected chi connectivity index (χ1v) is 7.72. The van der Waals surface area contributed by atoms with E-state index in [9.17, 15) is 14.4 Å². The number of ether oxygens (including phenoxy) is 2. The molecular weight excluding hydrogens is 336 g/mol. The second kappa shape index (κ2) is 8.99. The van der Waals surface area contributed by atoms with Gasteiger partial charge in [0, 0.05) is 5.56 Å². The van der Waals surface area contributed by atoms with E-state index in [2.05, 4.69) is 5.32 Å². The molecule has 0 aromatic heterocycles. The molecule has 2 rings (SSSR count). The number of hydrogen-bond donors (Lipinski definition) is 1. The molecule has 0 radical (unpaired) electrons. The molecule has 0 fully saturated rings. The summed E-state index contributed by atoms with van der Waals surface area (Å²) in [5.41, 5.74) is 0.789. The second-order valence-corrected chi connectivity index (χ2v) is 5.25. The number of benzene rings is 2. The van der Waals surface area contributed by atoms with E-state index in [1.165, 1.54) is 6.92 Å². The lowest BCUT2D eigenvalue weighted by atomic mass is 10.2.